The molecule has 1 aromatic carbocycles. The van der Waals surface area contributed by atoms with Crippen LogP contribution in [0.15, 0.2) is 34.3 Å². The third-order valence-corrected chi connectivity index (χ3v) is 5.85. The van der Waals surface area contributed by atoms with Gasteiger partial charge in [0, 0.05) is 12.0 Å². The number of esters is 1. The van der Waals surface area contributed by atoms with E-state index in [0.717, 1.165) is 10.4 Å². The third-order valence-electron chi connectivity index (χ3n) is 3.93. The van der Waals surface area contributed by atoms with E-state index in [1.54, 1.807) is 0 Å². The largest absolute Gasteiger partial charge is 0.478 e. The van der Waals surface area contributed by atoms with Crippen molar-refractivity contribution in [1.29, 1.82) is 0 Å². The summed E-state index contributed by atoms with van der Waals surface area (Å²) in [6, 6.07) is 4.90. The van der Waals surface area contributed by atoms with E-state index in [1.165, 1.54) is 25.2 Å². The van der Waals surface area contributed by atoms with Crippen LogP contribution in [0.5, 0.6) is 0 Å². The Bertz CT molecular complexity index is 843. The fraction of sp³-hybridized carbons (Fsp3) is 0.429. The lowest BCUT2D eigenvalue weighted by Crippen LogP contribution is -2.45. The molecule has 0 heterocycles. The van der Waals surface area contributed by atoms with E-state index in [1.807, 2.05) is 0 Å². The molecule has 1 N–H and O–H groups in total. The van der Waals surface area contributed by atoms with Gasteiger partial charge in [-0.05, 0) is 36.6 Å². The number of hydrogen-bond acceptors (Lipinski definition) is 6. The number of azide groups is 1. The lowest BCUT2D eigenvalue weighted by atomic mass is 10.2. The zero-order valence-electron chi connectivity index (χ0n) is 13.3. The van der Waals surface area contributed by atoms with Crippen LogP contribution in [-0.2, 0) is 19.6 Å². The van der Waals surface area contributed by atoms with E-state index in [2.05, 4.69) is 10.0 Å². The van der Waals surface area contributed by atoms with Crippen LogP contribution in [-0.4, -0.2) is 55.5 Å². The number of likely N-dealkylation sites (N-methyl/N-ethyl adjacent to an activating group) is 1. The van der Waals surface area contributed by atoms with Crippen LogP contribution in [0, 0.1) is 0 Å². The van der Waals surface area contributed by atoms with Gasteiger partial charge in [0.1, 0.15) is 5.54 Å². The Hall–Kier alpha value is -2.62. The molecule has 1 aliphatic rings. The summed E-state index contributed by atoms with van der Waals surface area (Å²) < 4.78 is 31.4. The van der Waals surface area contributed by atoms with Crippen molar-refractivity contribution in [3.8, 4) is 0 Å². The second-order valence-electron chi connectivity index (χ2n) is 5.43. The smallest absolute Gasteiger partial charge is 0.335 e. The molecule has 0 amide bonds. The van der Waals surface area contributed by atoms with E-state index < -0.39 is 27.5 Å². The lowest BCUT2D eigenvalue weighted by molar-refractivity contribution is -0.149. The molecule has 0 saturated heterocycles. The highest BCUT2D eigenvalue weighted by Gasteiger charge is 2.58. The maximum absolute atomic E-state index is 12.7. The van der Waals surface area contributed by atoms with Crippen LogP contribution >= 0.6 is 0 Å². The number of hydrogen-bond donors (Lipinski definition) is 1. The molecule has 0 unspecified atom stereocenters. The Kier molecular flexibility index (Phi) is 5.31. The minimum Gasteiger partial charge on any atom is -0.478 e. The van der Waals surface area contributed by atoms with Gasteiger partial charge in [-0.15, -0.1) is 0 Å². The first-order valence-electron chi connectivity index (χ1n) is 7.26. The highest BCUT2D eigenvalue weighted by atomic mass is 32.2. The Morgan fingerprint density at radius 2 is 2.12 bits per heavy atom. The maximum atomic E-state index is 12.7. The van der Waals surface area contributed by atoms with Crippen LogP contribution in [0.3, 0.4) is 0 Å². The predicted molar refractivity (Wildman–Crippen MR) is 85.3 cm³/mol. The summed E-state index contributed by atoms with van der Waals surface area (Å²) in [5, 5.41) is 12.2. The number of carbonyl (C=O) groups is 2. The van der Waals surface area contributed by atoms with E-state index in [4.69, 9.17) is 15.4 Å². The van der Waals surface area contributed by atoms with Crippen molar-refractivity contribution >= 4 is 22.0 Å². The summed E-state index contributed by atoms with van der Waals surface area (Å²) in [6.45, 7) is -0.192. The van der Waals surface area contributed by atoms with Crippen molar-refractivity contribution in [3.63, 3.8) is 0 Å². The number of aromatic carboxylic acids is 1. The Balaban J connectivity index is 2.21. The summed E-state index contributed by atoms with van der Waals surface area (Å²) in [5.41, 5.74) is 6.69. The first-order chi connectivity index (χ1) is 11.8. The summed E-state index contributed by atoms with van der Waals surface area (Å²) in [5.74, 6) is -1.97. The van der Waals surface area contributed by atoms with Gasteiger partial charge in [-0.1, -0.05) is 11.2 Å². The quantitative estimate of drug-likeness (QED) is 0.241. The number of carboxylic acids is 1. The average Bonchev–Trinajstić information content (AvgIpc) is 3.39. The molecule has 1 aromatic rings. The summed E-state index contributed by atoms with van der Waals surface area (Å²) in [6.07, 6.45) is 0.587. The van der Waals surface area contributed by atoms with Crippen molar-refractivity contribution in [2.45, 2.75) is 23.3 Å². The molecule has 0 atom stereocenters. The first-order valence-corrected chi connectivity index (χ1v) is 8.70. The second kappa shape index (κ2) is 7.09. The number of carboxylic acid groups (broad SMARTS) is 1. The van der Waals surface area contributed by atoms with Gasteiger partial charge in [-0.25, -0.2) is 13.2 Å². The van der Waals surface area contributed by atoms with Crippen LogP contribution < -0.4 is 0 Å². The molecule has 0 spiro atoms. The fourth-order valence-electron chi connectivity index (χ4n) is 2.30. The molecule has 25 heavy (non-hydrogen) atoms. The SMILES string of the molecule is CN(C1(C(=O)OCCN=[N+]=[N-])CC1)S(=O)(=O)c1cccc(C(=O)O)c1. The highest BCUT2D eigenvalue weighted by molar-refractivity contribution is 7.89. The van der Waals surface area contributed by atoms with E-state index in [9.17, 15) is 18.0 Å². The fourth-order valence-corrected chi connectivity index (χ4v) is 3.86. The van der Waals surface area contributed by atoms with E-state index >= 15 is 0 Å². The van der Waals surface area contributed by atoms with Gasteiger partial charge in [-0.2, -0.15) is 4.31 Å². The molecule has 0 bridgehead atoms. The molecule has 0 aromatic heterocycles. The molecule has 1 fully saturated rings. The van der Waals surface area contributed by atoms with E-state index in [-0.39, 0.29) is 23.6 Å². The Morgan fingerprint density at radius 3 is 2.68 bits per heavy atom. The Morgan fingerprint density at radius 1 is 1.44 bits per heavy atom. The molecule has 1 aliphatic carbocycles. The molecule has 134 valence electrons. The number of carbonyl (C=O) groups excluding carboxylic acids is 1. The lowest BCUT2D eigenvalue weighted by Gasteiger charge is -2.25. The van der Waals surface area contributed by atoms with Gasteiger partial charge in [0.25, 0.3) is 0 Å². The first kappa shape index (κ1) is 18.7. The van der Waals surface area contributed by atoms with Gasteiger partial charge in [-0.3, -0.25) is 4.79 Å². The molecule has 2 rings (SSSR count). The molecular formula is C14H16N4O6S. The monoisotopic (exact) mass is 368 g/mol. The minimum absolute atomic E-state index is 0.0462. The minimum atomic E-state index is -4.08. The van der Waals surface area contributed by atoms with Crippen LogP contribution in [0.4, 0.5) is 0 Å². The maximum Gasteiger partial charge on any atom is 0.335 e. The van der Waals surface area contributed by atoms with Crippen LogP contribution in [0.25, 0.3) is 10.4 Å². The summed E-state index contributed by atoms with van der Waals surface area (Å²) >= 11 is 0. The van der Waals surface area contributed by atoms with E-state index in [0.29, 0.717) is 12.8 Å². The molecular weight excluding hydrogens is 352 g/mol. The predicted octanol–water partition coefficient (Wildman–Crippen LogP) is 1.39. The summed E-state index contributed by atoms with van der Waals surface area (Å²) in [4.78, 5) is 25.6. The van der Waals surface area contributed by atoms with Crippen molar-refractivity contribution in [2.24, 2.45) is 5.11 Å². The zero-order chi connectivity index (χ0) is 18.7. The normalized spacial score (nSPS) is 15.3. The van der Waals surface area contributed by atoms with Crippen molar-refractivity contribution in [1.82, 2.24) is 4.31 Å². The van der Waals surface area contributed by atoms with Gasteiger partial charge < -0.3 is 9.84 Å². The number of ether oxygens (including phenoxy) is 1. The number of sulfonamides is 1. The standard InChI is InChI=1S/C14H16N4O6S/c1-18(14(5-6-14)13(21)24-8-7-16-17-15)25(22,23)11-4-2-3-10(9-11)12(19)20/h2-4,9H,5-8H2,1H3,(H,19,20). The van der Waals surface area contributed by atoms with Crippen molar-refractivity contribution in [2.75, 3.05) is 20.2 Å². The number of benzene rings is 1. The molecule has 0 radical (unpaired) electrons. The van der Waals surface area contributed by atoms with Crippen LogP contribution in [0.1, 0.15) is 23.2 Å². The number of nitrogens with zero attached hydrogens (tertiary/aromatic N) is 4. The average molecular weight is 368 g/mol. The highest BCUT2D eigenvalue weighted by Crippen LogP contribution is 2.44. The van der Waals surface area contributed by atoms with Gasteiger partial charge in [0.2, 0.25) is 10.0 Å². The summed E-state index contributed by atoms with van der Waals surface area (Å²) in [7, 11) is -2.83. The molecule has 1 saturated carbocycles. The molecule has 0 aliphatic heterocycles. The topological polar surface area (TPSA) is 150 Å². The van der Waals surface area contributed by atoms with Gasteiger partial charge >= 0.3 is 11.9 Å². The third kappa shape index (κ3) is 3.73. The molecule has 10 nitrogen and oxygen atoms in total. The second-order valence-corrected chi connectivity index (χ2v) is 7.40. The van der Waals surface area contributed by atoms with Crippen molar-refractivity contribution in [3.05, 3.63) is 40.3 Å². The van der Waals surface area contributed by atoms with Crippen LogP contribution in [0.2, 0.25) is 0 Å². The van der Waals surface area contributed by atoms with Gasteiger partial charge in [0.05, 0.1) is 23.6 Å². The number of rotatable bonds is 8. The zero-order valence-corrected chi connectivity index (χ0v) is 14.1. The molecule has 11 heteroatoms. The van der Waals surface area contributed by atoms with Crippen molar-refractivity contribution < 1.29 is 27.9 Å². The van der Waals surface area contributed by atoms with Gasteiger partial charge in [0.15, 0.2) is 0 Å². The Labute approximate surface area is 143 Å².